The number of nitriles is 1. The first-order valence-corrected chi connectivity index (χ1v) is 6.32. The van der Waals surface area contributed by atoms with Crippen molar-refractivity contribution in [1.82, 2.24) is 4.90 Å². The summed E-state index contributed by atoms with van der Waals surface area (Å²) >= 11 is 0. The summed E-state index contributed by atoms with van der Waals surface area (Å²) in [5.41, 5.74) is 0.409. The lowest BCUT2D eigenvalue weighted by molar-refractivity contribution is -0.147. The third-order valence-corrected chi connectivity index (χ3v) is 2.64. The minimum atomic E-state index is -0.678. The van der Waals surface area contributed by atoms with Crippen LogP contribution in [0.15, 0.2) is 16.8 Å². The van der Waals surface area contributed by atoms with Crippen molar-refractivity contribution in [2.45, 2.75) is 26.8 Å². The van der Waals surface area contributed by atoms with E-state index in [2.05, 4.69) is 4.99 Å². The van der Waals surface area contributed by atoms with Gasteiger partial charge in [-0.1, -0.05) is 0 Å². The van der Waals surface area contributed by atoms with Gasteiger partial charge in [0.15, 0.2) is 0 Å². The van der Waals surface area contributed by atoms with Crippen molar-refractivity contribution in [3.63, 3.8) is 0 Å². The molecule has 108 valence electrons. The number of nitrogens with zero attached hydrogens (tertiary/aromatic N) is 3. The molecule has 0 aliphatic carbocycles. The van der Waals surface area contributed by atoms with Gasteiger partial charge in [-0.2, -0.15) is 5.26 Å². The van der Waals surface area contributed by atoms with Gasteiger partial charge in [-0.3, -0.25) is 0 Å². The van der Waals surface area contributed by atoms with Gasteiger partial charge < -0.3 is 14.4 Å². The number of carbonyl (C=O) groups excluding carboxylic acids is 2. The van der Waals surface area contributed by atoms with Crippen LogP contribution in [0.5, 0.6) is 0 Å². The molecule has 0 saturated carbocycles. The van der Waals surface area contributed by atoms with E-state index < -0.39 is 18.0 Å². The van der Waals surface area contributed by atoms with E-state index in [-0.39, 0.29) is 25.6 Å². The lowest BCUT2D eigenvalue weighted by Gasteiger charge is -2.24. The maximum absolute atomic E-state index is 11.8. The third kappa shape index (κ3) is 3.57. The molecule has 0 bridgehead atoms. The van der Waals surface area contributed by atoms with Crippen LogP contribution in [0.4, 0.5) is 0 Å². The Bertz CT molecular complexity index is 490. The zero-order chi connectivity index (χ0) is 15.1. The van der Waals surface area contributed by atoms with Crippen LogP contribution in [0.3, 0.4) is 0 Å². The average Bonchev–Trinajstić information content (AvgIpc) is 2.83. The molecule has 1 aliphatic heterocycles. The molecular weight excluding hydrogens is 262 g/mol. The molecule has 1 aliphatic rings. The second-order valence-corrected chi connectivity index (χ2v) is 3.98. The molecule has 7 nitrogen and oxygen atoms in total. The first-order valence-electron chi connectivity index (χ1n) is 6.32. The summed E-state index contributed by atoms with van der Waals surface area (Å²) in [6, 6.07) is 1.17. The molecule has 0 aromatic carbocycles. The molecule has 0 fully saturated rings. The molecular formula is C13H17N3O4. The highest BCUT2D eigenvalue weighted by molar-refractivity contribution is 6.36. The molecule has 0 radical (unpaired) electrons. The minimum Gasteiger partial charge on any atom is -0.464 e. The lowest BCUT2D eigenvalue weighted by Crippen LogP contribution is -2.45. The van der Waals surface area contributed by atoms with Crippen molar-refractivity contribution in [3.8, 4) is 6.07 Å². The van der Waals surface area contributed by atoms with Crippen molar-refractivity contribution in [3.05, 3.63) is 11.8 Å². The summed E-state index contributed by atoms with van der Waals surface area (Å²) in [5.74, 6) is -1.05. The van der Waals surface area contributed by atoms with Crippen LogP contribution in [0.25, 0.3) is 0 Å². The van der Waals surface area contributed by atoms with Crippen molar-refractivity contribution in [2.24, 2.45) is 4.99 Å². The number of esters is 2. The molecule has 1 unspecified atom stereocenters. The van der Waals surface area contributed by atoms with Crippen LogP contribution in [0, 0.1) is 11.3 Å². The number of allylic oxidation sites excluding steroid dienone is 1. The maximum Gasteiger partial charge on any atom is 0.374 e. The zero-order valence-electron chi connectivity index (χ0n) is 11.8. The summed E-state index contributed by atoms with van der Waals surface area (Å²) in [5, 5.41) is 8.65. The average molecular weight is 279 g/mol. The Labute approximate surface area is 117 Å². The number of aliphatic imine (C=N–C) groups is 1. The number of hydrogen-bond acceptors (Lipinski definition) is 7. The highest BCUT2D eigenvalue weighted by Gasteiger charge is 2.34. The maximum atomic E-state index is 11.8. The molecule has 1 heterocycles. The van der Waals surface area contributed by atoms with Gasteiger partial charge >= 0.3 is 11.9 Å². The second-order valence-electron chi connectivity index (χ2n) is 3.98. The van der Waals surface area contributed by atoms with Crippen LogP contribution in [0.2, 0.25) is 0 Å². The Morgan fingerprint density at radius 1 is 1.45 bits per heavy atom. The topological polar surface area (TPSA) is 92.0 Å². The predicted octanol–water partition coefficient (Wildman–Crippen LogP) is 0.623. The van der Waals surface area contributed by atoms with Crippen molar-refractivity contribution in [2.75, 3.05) is 19.8 Å². The Morgan fingerprint density at radius 2 is 2.10 bits per heavy atom. The Morgan fingerprint density at radius 3 is 2.65 bits per heavy atom. The molecule has 7 heteroatoms. The van der Waals surface area contributed by atoms with Crippen LogP contribution in [0.1, 0.15) is 20.8 Å². The van der Waals surface area contributed by atoms with Crippen LogP contribution >= 0.6 is 0 Å². The number of ether oxygens (including phenoxy) is 2. The molecule has 20 heavy (non-hydrogen) atoms. The van der Waals surface area contributed by atoms with Crippen molar-refractivity contribution in [1.29, 1.82) is 5.26 Å². The van der Waals surface area contributed by atoms with Gasteiger partial charge in [-0.15, -0.1) is 0 Å². The molecule has 0 amide bonds. The third-order valence-electron chi connectivity index (χ3n) is 2.64. The summed E-state index contributed by atoms with van der Waals surface area (Å²) in [6.45, 7) is 5.65. The fourth-order valence-electron chi connectivity index (χ4n) is 1.71. The zero-order valence-corrected chi connectivity index (χ0v) is 11.8. The highest BCUT2D eigenvalue weighted by atomic mass is 16.5. The van der Waals surface area contributed by atoms with Gasteiger partial charge in [-0.05, 0) is 20.8 Å². The SMILES string of the molecule is CCOC(=O)C1=NC(=CC#N)CN1C(C)C(=O)OCC. The monoisotopic (exact) mass is 279 g/mol. The largest absolute Gasteiger partial charge is 0.464 e. The number of carbonyl (C=O) groups is 2. The van der Waals surface area contributed by atoms with E-state index in [4.69, 9.17) is 14.7 Å². The van der Waals surface area contributed by atoms with E-state index in [0.29, 0.717) is 5.70 Å². The number of rotatable bonds is 5. The van der Waals surface area contributed by atoms with Crippen LogP contribution < -0.4 is 0 Å². The van der Waals surface area contributed by atoms with Crippen molar-refractivity contribution < 1.29 is 19.1 Å². The van der Waals surface area contributed by atoms with E-state index in [1.54, 1.807) is 20.8 Å². The van der Waals surface area contributed by atoms with Crippen LogP contribution in [-0.2, 0) is 19.1 Å². The molecule has 0 spiro atoms. The number of amidine groups is 1. The molecule has 1 rings (SSSR count). The molecule has 1 atom stereocenters. The van der Waals surface area contributed by atoms with Gasteiger partial charge in [0.2, 0.25) is 5.84 Å². The quantitative estimate of drug-likeness (QED) is 0.541. The van der Waals surface area contributed by atoms with E-state index >= 15 is 0 Å². The summed E-state index contributed by atoms with van der Waals surface area (Å²) in [4.78, 5) is 29.1. The second kappa shape index (κ2) is 7.28. The smallest absolute Gasteiger partial charge is 0.374 e. The fraction of sp³-hybridized carbons (Fsp3) is 0.538. The molecule has 0 N–H and O–H groups in total. The van der Waals surface area contributed by atoms with Gasteiger partial charge in [0.25, 0.3) is 0 Å². The van der Waals surface area contributed by atoms with Crippen molar-refractivity contribution >= 4 is 17.8 Å². The molecule has 0 aromatic heterocycles. The fourth-order valence-corrected chi connectivity index (χ4v) is 1.71. The summed E-state index contributed by atoms with van der Waals surface area (Å²) in [7, 11) is 0. The lowest BCUT2D eigenvalue weighted by atomic mass is 10.2. The summed E-state index contributed by atoms with van der Waals surface area (Å²) in [6.07, 6.45) is 1.23. The highest BCUT2D eigenvalue weighted by Crippen LogP contribution is 2.17. The van der Waals surface area contributed by atoms with E-state index in [0.717, 1.165) is 0 Å². The first-order chi connectivity index (χ1) is 9.54. The van der Waals surface area contributed by atoms with Gasteiger partial charge in [0, 0.05) is 6.08 Å². The Hall–Kier alpha value is -2.36. The van der Waals surface area contributed by atoms with Gasteiger partial charge in [0.1, 0.15) is 6.04 Å². The van der Waals surface area contributed by atoms with Gasteiger partial charge in [0.05, 0.1) is 31.5 Å². The van der Waals surface area contributed by atoms with E-state index in [9.17, 15) is 9.59 Å². The van der Waals surface area contributed by atoms with E-state index in [1.165, 1.54) is 11.0 Å². The number of hydrogen-bond donors (Lipinski definition) is 0. The Kier molecular flexibility index (Phi) is 5.72. The molecule has 0 saturated heterocycles. The minimum absolute atomic E-state index is 0.0221. The van der Waals surface area contributed by atoms with Gasteiger partial charge in [-0.25, -0.2) is 14.6 Å². The first kappa shape index (κ1) is 15.7. The molecule has 0 aromatic rings. The van der Waals surface area contributed by atoms with E-state index in [1.807, 2.05) is 6.07 Å². The van der Waals surface area contributed by atoms with Crippen LogP contribution in [-0.4, -0.2) is 48.5 Å². The normalized spacial score (nSPS) is 17.4. The Balaban J connectivity index is 2.97. The standard InChI is InChI=1S/C13H17N3O4/c1-4-19-12(17)9(3)16-8-10(6-7-14)15-11(16)13(18)20-5-2/h6,9H,4-5,8H2,1-3H3. The summed E-state index contributed by atoms with van der Waals surface area (Å²) < 4.78 is 9.83. The predicted molar refractivity (Wildman–Crippen MR) is 70.6 cm³/mol.